The van der Waals surface area contributed by atoms with Crippen LogP contribution in [0.5, 0.6) is 0 Å². The molecule has 0 bridgehead atoms. The first-order chi connectivity index (χ1) is 6.77. The van der Waals surface area contributed by atoms with Crippen molar-refractivity contribution in [2.75, 3.05) is 13.1 Å². The maximum absolute atomic E-state index is 5.86. The average Bonchev–Trinajstić information content (AvgIpc) is 2.65. The zero-order chi connectivity index (χ0) is 9.97. The fraction of sp³-hybridized carbons (Fsp3) is 0.600. The number of hydrogen-bond acceptors (Lipinski definition) is 4. The number of likely N-dealkylation sites (tertiary alicyclic amines) is 1. The highest BCUT2D eigenvalue weighted by molar-refractivity contribution is 5.85. The highest BCUT2D eigenvalue weighted by Crippen LogP contribution is 2.21. The molecule has 0 amide bonds. The van der Waals surface area contributed by atoms with Crippen LogP contribution in [-0.4, -0.2) is 34.0 Å². The Kier molecular flexibility index (Phi) is 4.45. The maximum atomic E-state index is 5.86. The minimum atomic E-state index is 0. The molecule has 84 valence electrons. The summed E-state index contributed by atoms with van der Waals surface area (Å²) in [4.78, 5) is 10.7. The fourth-order valence-electron chi connectivity index (χ4n) is 1.88. The summed E-state index contributed by atoms with van der Waals surface area (Å²) in [6.45, 7) is 4.19. The number of nitrogens with zero attached hydrogens (tertiary/aromatic N) is 3. The second-order valence-corrected chi connectivity index (χ2v) is 3.85. The highest BCUT2D eigenvalue weighted by Gasteiger charge is 2.24. The molecular formula is C10H17ClN4. The summed E-state index contributed by atoms with van der Waals surface area (Å²) in [5.74, 6) is 0. The van der Waals surface area contributed by atoms with Gasteiger partial charge < -0.3 is 5.73 Å². The average molecular weight is 229 g/mol. The molecule has 1 unspecified atom stereocenters. The third kappa shape index (κ3) is 2.87. The summed E-state index contributed by atoms with van der Waals surface area (Å²) in [5, 5.41) is 0. The third-order valence-corrected chi connectivity index (χ3v) is 2.82. The number of hydrogen-bond donors (Lipinski definition) is 1. The largest absolute Gasteiger partial charge is 0.326 e. The Morgan fingerprint density at radius 3 is 2.87 bits per heavy atom. The first kappa shape index (κ1) is 12.4. The van der Waals surface area contributed by atoms with E-state index in [1.807, 2.05) is 6.20 Å². The van der Waals surface area contributed by atoms with Crippen molar-refractivity contribution in [3.63, 3.8) is 0 Å². The summed E-state index contributed by atoms with van der Waals surface area (Å²) >= 11 is 0. The Morgan fingerprint density at radius 2 is 2.33 bits per heavy atom. The second-order valence-electron chi connectivity index (χ2n) is 3.85. The van der Waals surface area contributed by atoms with Crippen LogP contribution in [0.2, 0.25) is 0 Å². The molecule has 0 spiro atoms. The predicted octanol–water partition coefficient (Wildman–Crippen LogP) is 0.992. The quantitative estimate of drug-likeness (QED) is 0.821. The lowest BCUT2D eigenvalue weighted by atomic mass is 10.2. The van der Waals surface area contributed by atoms with Crippen LogP contribution in [0, 0.1) is 0 Å². The molecule has 4 nitrogen and oxygen atoms in total. The van der Waals surface area contributed by atoms with Crippen LogP contribution < -0.4 is 5.73 Å². The molecule has 2 heterocycles. The monoisotopic (exact) mass is 228 g/mol. The molecule has 1 aliphatic heterocycles. The van der Waals surface area contributed by atoms with Crippen LogP contribution in [0.1, 0.15) is 25.1 Å². The highest BCUT2D eigenvalue weighted by atomic mass is 35.5. The molecule has 0 saturated carbocycles. The summed E-state index contributed by atoms with van der Waals surface area (Å²) in [6, 6.07) is 0.659. The molecule has 2 N–H and O–H groups in total. The lowest BCUT2D eigenvalue weighted by Gasteiger charge is -2.22. The molecule has 1 fully saturated rings. The summed E-state index contributed by atoms with van der Waals surface area (Å²) in [5.41, 5.74) is 6.89. The van der Waals surface area contributed by atoms with Crippen molar-refractivity contribution in [3.8, 4) is 0 Å². The standard InChI is InChI=1S/C10H16N4.ClH/c1-8(10-6-12-3-4-13-10)14-5-2-9(11)7-14;/h3-4,6,8-9H,2,5,7,11H2,1H3;1H/t8?,9-;/m1./s1. The van der Waals surface area contributed by atoms with Gasteiger partial charge in [0.1, 0.15) is 0 Å². The van der Waals surface area contributed by atoms with Crippen molar-refractivity contribution in [1.29, 1.82) is 0 Å². The van der Waals surface area contributed by atoms with Gasteiger partial charge in [0.05, 0.1) is 11.7 Å². The Bertz CT molecular complexity index is 293. The van der Waals surface area contributed by atoms with Crippen LogP contribution in [-0.2, 0) is 0 Å². The van der Waals surface area contributed by atoms with Crippen molar-refractivity contribution in [2.24, 2.45) is 5.73 Å². The summed E-state index contributed by atoms with van der Waals surface area (Å²) in [7, 11) is 0. The first-order valence-electron chi connectivity index (χ1n) is 5.03. The Labute approximate surface area is 96.3 Å². The van der Waals surface area contributed by atoms with Gasteiger partial charge in [-0.15, -0.1) is 12.4 Å². The van der Waals surface area contributed by atoms with E-state index < -0.39 is 0 Å². The Hall–Kier alpha value is -0.710. The molecule has 1 saturated heterocycles. The lowest BCUT2D eigenvalue weighted by molar-refractivity contribution is 0.255. The van der Waals surface area contributed by atoms with E-state index in [-0.39, 0.29) is 12.4 Å². The molecule has 1 aliphatic rings. The molecule has 0 aromatic carbocycles. The van der Waals surface area contributed by atoms with Crippen molar-refractivity contribution in [3.05, 3.63) is 24.3 Å². The Balaban J connectivity index is 0.00000112. The molecule has 1 aromatic rings. The topological polar surface area (TPSA) is 55.0 Å². The normalized spacial score (nSPS) is 23.5. The molecule has 2 rings (SSSR count). The van der Waals surface area contributed by atoms with Gasteiger partial charge in [-0.05, 0) is 13.3 Å². The van der Waals surface area contributed by atoms with E-state index in [4.69, 9.17) is 5.73 Å². The maximum Gasteiger partial charge on any atom is 0.0755 e. The van der Waals surface area contributed by atoms with Crippen molar-refractivity contribution in [2.45, 2.75) is 25.4 Å². The summed E-state index contributed by atoms with van der Waals surface area (Å²) < 4.78 is 0. The van der Waals surface area contributed by atoms with Gasteiger partial charge in [-0.2, -0.15) is 0 Å². The number of nitrogens with two attached hydrogens (primary N) is 1. The molecule has 5 heteroatoms. The van der Waals surface area contributed by atoms with E-state index in [2.05, 4.69) is 21.8 Å². The van der Waals surface area contributed by atoms with Gasteiger partial charge in [-0.1, -0.05) is 0 Å². The molecule has 15 heavy (non-hydrogen) atoms. The van der Waals surface area contributed by atoms with Gasteiger partial charge in [0.15, 0.2) is 0 Å². The molecule has 0 radical (unpaired) electrons. The van der Waals surface area contributed by atoms with E-state index in [1.165, 1.54) is 0 Å². The minimum absolute atomic E-state index is 0. The minimum Gasteiger partial charge on any atom is -0.326 e. The third-order valence-electron chi connectivity index (χ3n) is 2.82. The smallest absolute Gasteiger partial charge is 0.0755 e. The summed E-state index contributed by atoms with van der Waals surface area (Å²) in [6.07, 6.45) is 6.35. The van der Waals surface area contributed by atoms with Crippen LogP contribution >= 0.6 is 12.4 Å². The molecule has 0 aliphatic carbocycles. The van der Waals surface area contributed by atoms with E-state index in [0.717, 1.165) is 25.2 Å². The van der Waals surface area contributed by atoms with E-state index in [9.17, 15) is 0 Å². The first-order valence-corrected chi connectivity index (χ1v) is 5.03. The number of aromatic nitrogens is 2. The van der Waals surface area contributed by atoms with Crippen molar-refractivity contribution in [1.82, 2.24) is 14.9 Å². The van der Waals surface area contributed by atoms with Gasteiger partial charge in [0.2, 0.25) is 0 Å². The van der Waals surface area contributed by atoms with E-state index in [0.29, 0.717) is 12.1 Å². The van der Waals surface area contributed by atoms with Gasteiger partial charge in [0, 0.05) is 37.7 Å². The van der Waals surface area contributed by atoms with E-state index >= 15 is 0 Å². The van der Waals surface area contributed by atoms with Crippen LogP contribution in [0.3, 0.4) is 0 Å². The zero-order valence-corrected chi connectivity index (χ0v) is 9.65. The fourth-order valence-corrected chi connectivity index (χ4v) is 1.88. The van der Waals surface area contributed by atoms with Gasteiger partial charge in [0.25, 0.3) is 0 Å². The molecule has 1 aromatic heterocycles. The lowest BCUT2D eigenvalue weighted by Crippen LogP contribution is -2.29. The van der Waals surface area contributed by atoms with Crippen LogP contribution in [0.4, 0.5) is 0 Å². The van der Waals surface area contributed by atoms with E-state index in [1.54, 1.807) is 12.4 Å². The molecule has 2 atom stereocenters. The van der Waals surface area contributed by atoms with Gasteiger partial charge >= 0.3 is 0 Å². The zero-order valence-electron chi connectivity index (χ0n) is 8.84. The number of rotatable bonds is 2. The van der Waals surface area contributed by atoms with Crippen molar-refractivity contribution < 1.29 is 0 Å². The molecular weight excluding hydrogens is 212 g/mol. The van der Waals surface area contributed by atoms with Crippen LogP contribution in [0.15, 0.2) is 18.6 Å². The predicted molar refractivity (Wildman–Crippen MR) is 61.9 cm³/mol. The second kappa shape index (κ2) is 5.39. The van der Waals surface area contributed by atoms with Gasteiger partial charge in [-0.3, -0.25) is 14.9 Å². The van der Waals surface area contributed by atoms with Gasteiger partial charge in [-0.25, -0.2) is 0 Å². The Morgan fingerprint density at radius 1 is 1.53 bits per heavy atom. The SMILES string of the molecule is CC(c1cnccn1)N1CC[C@@H](N)C1.Cl. The number of halogens is 1. The van der Waals surface area contributed by atoms with Crippen molar-refractivity contribution >= 4 is 12.4 Å². The van der Waals surface area contributed by atoms with Crippen LogP contribution in [0.25, 0.3) is 0 Å².